The topological polar surface area (TPSA) is 95.2 Å². The maximum atomic E-state index is 11.8. The van der Waals surface area contributed by atoms with Crippen LogP contribution in [0.4, 0.5) is 0 Å². The third-order valence-electron chi connectivity index (χ3n) is 2.12. The van der Waals surface area contributed by atoms with E-state index in [9.17, 15) is 9.70 Å². The molecule has 7 nitrogen and oxygen atoms in total. The van der Waals surface area contributed by atoms with Crippen molar-refractivity contribution in [3.8, 4) is 0 Å². The highest BCUT2D eigenvalue weighted by molar-refractivity contribution is 6.45. The Balaban J connectivity index is 2.69. The average molecular weight is 236 g/mol. The Bertz CT molecular complexity index is 419. The van der Waals surface area contributed by atoms with Crippen molar-refractivity contribution < 1.29 is 10.0 Å². The predicted molar refractivity (Wildman–Crippen MR) is 60.8 cm³/mol. The van der Waals surface area contributed by atoms with E-state index >= 15 is 0 Å². The van der Waals surface area contributed by atoms with Crippen LogP contribution < -0.4 is 0 Å². The molecule has 0 bridgehead atoms. The fourth-order valence-corrected chi connectivity index (χ4v) is 1.18. The molecular weight excluding hydrogens is 224 g/mol. The summed E-state index contributed by atoms with van der Waals surface area (Å²) in [5.74, 6) is -0.417. The number of nitrogens with zero attached hydrogens (tertiary/aromatic N) is 4. The summed E-state index contributed by atoms with van der Waals surface area (Å²) < 4.78 is 0. The van der Waals surface area contributed by atoms with Crippen molar-refractivity contribution in [2.75, 3.05) is 13.6 Å². The van der Waals surface area contributed by atoms with E-state index in [1.807, 2.05) is 0 Å². The fourth-order valence-electron chi connectivity index (χ4n) is 1.18. The van der Waals surface area contributed by atoms with Gasteiger partial charge in [-0.15, -0.1) is 4.91 Å². The molecule has 0 amide bonds. The Morgan fingerprint density at radius 3 is 2.88 bits per heavy atom. The van der Waals surface area contributed by atoms with Crippen molar-refractivity contribution in [1.82, 2.24) is 9.99 Å². The second-order valence-corrected chi connectivity index (χ2v) is 3.33. The van der Waals surface area contributed by atoms with Gasteiger partial charge in [-0.3, -0.25) is 14.8 Å². The number of aromatic nitrogens is 1. The number of hydrogen-bond acceptors (Lipinski definition) is 6. The number of nitroso groups, excluding NO2 is 1. The Kier molecular flexibility index (Phi) is 4.74. The summed E-state index contributed by atoms with van der Waals surface area (Å²) in [5.41, 5.74) is 0.301. The summed E-state index contributed by atoms with van der Waals surface area (Å²) in [7, 11) is 1.47. The smallest absolute Gasteiger partial charge is 0.212 e. The Hall–Kier alpha value is -2.31. The summed E-state index contributed by atoms with van der Waals surface area (Å²) in [6, 6.07) is 3.18. The van der Waals surface area contributed by atoms with Crippen LogP contribution in [0.3, 0.4) is 0 Å². The zero-order chi connectivity index (χ0) is 12.7. The van der Waals surface area contributed by atoms with Gasteiger partial charge in [0.15, 0.2) is 0 Å². The highest BCUT2D eigenvalue weighted by atomic mass is 16.4. The molecule has 0 aliphatic heterocycles. The van der Waals surface area contributed by atoms with Crippen molar-refractivity contribution in [3.05, 3.63) is 35.0 Å². The van der Waals surface area contributed by atoms with Gasteiger partial charge in [-0.05, 0) is 12.1 Å². The zero-order valence-corrected chi connectivity index (χ0v) is 9.28. The molecule has 0 atom stereocenters. The first-order chi connectivity index (χ1) is 8.19. The monoisotopic (exact) mass is 236 g/mol. The van der Waals surface area contributed by atoms with Crippen LogP contribution >= 0.6 is 0 Å². The molecule has 1 N–H and O–H groups in total. The van der Waals surface area contributed by atoms with Gasteiger partial charge in [-0.2, -0.15) is 0 Å². The summed E-state index contributed by atoms with van der Waals surface area (Å²) in [5, 5.41) is 15.5. The van der Waals surface area contributed by atoms with E-state index in [4.69, 9.17) is 5.21 Å². The van der Waals surface area contributed by atoms with Gasteiger partial charge in [0, 0.05) is 38.0 Å². The highest BCUT2D eigenvalue weighted by Gasteiger charge is 2.15. The highest BCUT2D eigenvalue weighted by Crippen LogP contribution is 2.03. The molecule has 90 valence electrons. The molecule has 0 spiro atoms. The van der Waals surface area contributed by atoms with Gasteiger partial charge >= 0.3 is 0 Å². The lowest BCUT2D eigenvalue weighted by Crippen LogP contribution is -2.21. The molecule has 0 aliphatic rings. The van der Waals surface area contributed by atoms with E-state index < -0.39 is 5.78 Å². The minimum Gasteiger partial charge on any atom is -0.411 e. The van der Waals surface area contributed by atoms with Gasteiger partial charge in [0.05, 0.1) is 5.29 Å². The van der Waals surface area contributed by atoms with E-state index in [0.717, 1.165) is 5.01 Å². The Labute approximate surface area is 97.7 Å². The van der Waals surface area contributed by atoms with Crippen LogP contribution in [0.1, 0.15) is 16.8 Å². The van der Waals surface area contributed by atoms with Crippen molar-refractivity contribution in [2.24, 2.45) is 10.4 Å². The molecule has 1 rings (SSSR count). The van der Waals surface area contributed by atoms with Crippen LogP contribution in [0.5, 0.6) is 0 Å². The second kappa shape index (κ2) is 6.31. The molecule has 1 aromatic heterocycles. The molecule has 0 fully saturated rings. The van der Waals surface area contributed by atoms with E-state index in [-0.39, 0.29) is 18.7 Å². The summed E-state index contributed by atoms with van der Waals surface area (Å²) in [6.45, 7) is 0.203. The van der Waals surface area contributed by atoms with Crippen LogP contribution in [0.2, 0.25) is 0 Å². The minimum absolute atomic E-state index is 0.0338. The zero-order valence-electron chi connectivity index (χ0n) is 9.28. The second-order valence-electron chi connectivity index (χ2n) is 3.33. The van der Waals surface area contributed by atoms with Crippen LogP contribution in [0.15, 0.2) is 35.0 Å². The van der Waals surface area contributed by atoms with Gasteiger partial charge in [-0.1, -0.05) is 5.16 Å². The molecule has 0 radical (unpaired) electrons. The third kappa shape index (κ3) is 3.63. The third-order valence-corrected chi connectivity index (χ3v) is 2.12. The first-order valence-corrected chi connectivity index (χ1v) is 4.89. The number of pyridine rings is 1. The minimum atomic E-state index is -0.417. The SMILES string of the molecule is CN(CCC(=NO)C(=O)c1cccnc1)N=O. The number of Topliss-reactive ketones (excluding diaryl/α,β-unsaturated/α-hetero) is 1. The summed E-state index contributed by atoms with van der Waals surface area (Å²) in [6.07, 6.45) is 3.05. The van der Waals surface area contributed by atoms with Crippen molar-refractivity contribution in [1.29, 1.82) is 0 Å². The van der Waals surface area contributed by atoms with Crippen LogP contribution in [-0.2, 0) is 0 Å². The molecule has 17 heavy (non-hydrogen) atoms. The average Bonchev–Trinajstić information content (AvgIpc) is 2.39. The quantitative estimate of drug-likeness (QED) is 0.262. The van der Waals surface area contributed by atoms with Crippen molar-refractivity contribution in [3.63, 3.8) is 0 Å². The van der Waals surface area contributed by atoms with Crippen molar-refractivity contribution >= 4 is 11.5 Å². The Morgan fingerprint density at radius 1 is 1.59 bits per heavy atom. The molecule has 1 aromatic rings. The summed E-state index contributed by atoms with van der Waals surface area (Å²) >= 11 is 0. The lowest BCUT2D eigenvalue weighted by atomic mass is 10.1. The number of carbonyl (C=O) groups is 1. The number of rotatable bonds is 6. The fraction of sp³-hybridized carbons (Fsp3) is 0.300. The van der Waals surface area contributed by atoms with Crippen LogP contribution in [-0.4, -0.2) is 40.3 Å². The normalized spacial score (nSPS) is 11.0. The molecule has 0 saturated carbocycles. The maximum absolute atomic E-state index is 11.8. The van der Waals surface area contributed by atoms with Gasteiger partial charge in [0.1, 0.15) is 5.71 Å². The van der Waals surface area contributed by atoms with Gasteiger partial charge in [0.2, 0.25) is 5.78 Å². The number of oxime groups is 1. The van der Waals surface area contributed by atoms with Crippen LogP contribution in [0.25, 0.3) is 0 Å². The Morgan fingerprint density at radius 2 is 2.35 bits per heavy atom. The maximum Gasteiger partial charge on any atom is 0.212 e. The van der Waals surface area contributed by atoms with E-state index in [1.165, 1.54) is 19.4 Å². The van der Waals surface area contributed by atoms with Gasteiger partial charge < -0.3 is 5.21 Å². The molecule has 1 heterocycles. The summed E-state index contributed by atoms with van der Waals surface area (Å²) in [4.78, 5) is 25.7. The van der Waals surface area contributed by atoms with E-state index in [1.54, 1.807) is 12.1 Å². The van der Waals surface area contributed by atoms with E-state index in [2.05, 4.69) is 15.4 Å². The first-order valence-electron chi connectivity index (χ1n) is 4.89. The standard InChI is InChI=1S/C10H12N4O3/c1-14(13-17)6-4-9(12-16)10(15)8-3-2-5-11-7-8/h2-3,5,7,16H,4,6H2,1H3. The largest absolute Gasteiger partial charge is 0.411 e. The molecule has 0 aliphatic carbocycles. The van der Waals surface area contributed by atoms with Gasteiger partial charge in [0.25, 0.3) is 0 Å². The first kappa shape index (κ1) is 12.8. The van der Waals surface area contributed by atoms with Crippen LogP contribution in [0, 0.1) is 4.91 Å². The molecule has 0 unspecified atom stereocenters. The number of ketones is 1. The number of carbonyl (C=O) groups excluding carboxylic acids is 1. The molecule has 0 saturated heterocycles. The molecule has 7 heteroatoms. The lowest BCUT2D eigenvalue weighted by Gasteiger charge is -2.08. The number of hydrogen-bond donors (Lipinski definition) is 1. The predicted octanol–water partition coefficient (Wildman–Crippen LogP) is 1.10. The van der Waals surface area contributed by atoms with Crippen molar-refractivity contribution in [2.45, 2.75) is 6.42 Å². The van der Waals surface area contributed by atoms with Gasteiger partial charge in [-0.25, -0.2) is 0 Å². The van der Waals surface area contributed by atoms with E-state index in [0.29, 0.717) is 5.56 Å². The molecular formula is C10H12N4O3. The molecule has 0 aromatic carbocycles. The lowest BCUT2D eigenvalue weighted by molar-refractivity contribution is 0.105.